The normalized spacial score (nSPS) is 11.4. The van der Waals surface area contributed by atoms with Crippen LogP contribution in [0.1, 0.15) is 18.4 Å². The summed E-state index contributed by atoms with van der Waals surface area (Å²) >= 11 is 1.53. The molecule has 20 heavy (non-hydrogen) atoms. The largest absolute Gasteiger partial charge is 0.377 e. The highest BCUT2D eigenvalue weighted by molar-refractivity contribution is 7.89. The lowest BCUT2D eigenvalue weighted by Crippen LogP contribution is -2.25. The average molecular weight is 311 g/mol. The molecule has 0 saturated carbocycles. The number of rotatable bonds is 7. The number of nitrogens with one attached hydrogen (secondary N) is 2. The topological polar surface area (TPSA) is 71.1 Å². The van der Waals surface area contributed by atoms with Gasteiger partial charge in [0.15, 0.2) is 0 Å². The molecule has 0 amide bonds. The molecule has 5 nitrogen and oxygen atoms in total. The van der Waals surface area contributed by atoms with Crippen LogP contribution >= 0.6 is 11.3 Å². The van der Waals surface area contributed by atoms with E-state index in [1.54, 1.807) is 24.4 Å². The summed E-state index contributed by atoms with van der Waals surface area (Å²) in [6.07, 6.45) is 2.49. The van der Waals surface area contributed by atoms with E-state index in [1.165, 1.54) is 11.3 Å². The van der Waals surface area contributed by atoms with Crippen molar-refractivity contribution in [3.8, 4) is 0 Å². The first-order valence-electron chi connectivity index (χ1n) is 6.34. The van der Waals surface area contributed by atoms with Gasteiger partial charge in [-0.2, -0.15) is 0 Å². The summed E-state index contributed by atoms with van der Waals surface area (Å²) < 4.78 is 27.0. The number of hydrogen-bond donors (Lipinski definition) is 2. The Morgan fingerprint density at radius 3 is 2.80 bits per heavy atom. The molecule has 1 aromatic heterocycles. The smallest absolute Gasteiger partial charge is 0.242 e. The zero-order valence-electron chi connectivity index (χ0n) is 11.2. The Kier molecular flexibility index (Phi) is 5.11. The fourth-order valence-electron chi connectivity index (χ4n) is 1.67. The molecule has 0 unspecified atom stereocenters. The predicted octanol–water partition coefficient (Wildman–Crippen LogP) is 2.44. The second-order valence-electron chi connectivity index (χ2n) is 4.17. The van der Waals surface area contributed by atoms with E-state index in [-0.39, 0.29) is 4.90 Å². The third-order valence-electron chi connectivity index (χ3n) is 2.63. The number of sulfonamides is 1. The molecule has 0 aliphatic rings. The van der Waals surface area contributed by atoms with Gasteiger partial charge in [0.1, 0.15) is 9.90 Å². The number of nitrogens with zero attached hydrogens (tertiary/aromatic N) is 1. The van der Waals surface area contributed by atoms with Crippen LogP contribution in [0.5, 0.6) is 0 Å². The highest BCUT2D eigenvalue weighted by Crippen LogP contribution is 2.21. The minimum absolute atomic E-state index is 0.269. The van der Waals surface area contributed by atoms with E-state index in [0.29, 0.717) is 18.8 Å². The van der Waals surface area contributed by atoms with Crippen LogP contribution in [0.15, 0.2) is 40.7 Å². The van der Waals surface area contributed by atoms with Gasteiger partial charge in [0.2, 0.25) is 10.0 Å². The minimum atomic E-state index is -3.47. The summed E-state index contributed by atoms with van der Waals surface area (Å²) in [5, 5.41) is 5.93. The van der Waals surface area contributed by atoms with Crippen LogP contribution in [0, 0.1) is 0 Å². The molecule has 7 heteroatoms. The van der Waals surface area contributed by atoms with Crippen LogP contribution in [-0.4, -0.2) is 19.9 Å². The first kappa shape index (κ1) is 15.0. The van der Waals surface area contributed by atoms with Gasteiger partial charge in [-0.05, 0) is 18.6 Å². The summed E-state index contributed by atoms with van der Waals surface area (Å²) in [4.78, 5) is 4.43. The molecule has 1 heterocycles. The maximum Gasteiger partial charge on any atom is 0.242 e. The number of benzene rings is 1. The van der Waals surface area contributed by atoms with Crippen LogP contribution in [0.4, 0.5) is 5.69 Å². The van der Waals surface area contributed by atoms with E-state index in [0.717, 1.165) is 11.4 Å². The highest BCUT2D eigenvalue weighted by Gasteiger charge is 2.17. The van der Waals surface area contributed by atoms with Crippen molar-refractivity contribution in [2.45, 2.75) is 24.8 Å². The fourth-order valence-corrected chi connectivity index (χ4v) is 3.54. The Morgan fingerprint density at radius 2 is 2.10 bits per heavy atom. The quantitative estimate of drug-likeness (QED) is 0.824. The summed E-state index contributed by atoms with van der Waals surface area (Å²) in [7, 11) is -3.47. The fraction of sp³-hybridized carbons (Fsp3) is 0.308. The highest BCUT2D eigenvalue weighted by atomic mass is 32.2. The molecule has 2 aromatic rings. The Morgan fingerprint density at radius 1 is 1.30 bits per heavy atom. The SMILES string of the molecule is CCCNS(=O)(=O)c1ccccc1NCc1nccs1. The van der Waals surface area contributed by atoms with Gasteiger partial charge in [-0.3, -0.25) is 0 Å². The Bertz CT molecular complexity index is 639. The van der Waals surface area contributed by atoms with Crippen LogP contribution in [0.3, 0.4) is 0 Å². The monoisotopic (exact) mass is 311 g/mol. The average Bonchev–Trinajstić information content (AvgIpc) is 2.96. The Hall–Kier alpha value is -1.44. The lowest BCUT2D eigenvalue weighted by atomic mass is 10.3. The molecule has 2 N–H and O–H groups in total. The molecule has 0 spiro atoms. The van der Waals surface area contributed by atoms with Crippen LogP contribution < -0.4 is 10.0 Å². The third-order valence-corrected chi connectivity index (χ3v) is 4.93. The summed E-state index contributed by atoms with van der Waals surface area (Å²) in [6, 6.07) is 6.88. The van der Waals surface area contributed by atoms with Crippen molar-refractivity contribution in [1.29, 1.82) is 0 Å². The van der Waals surface area contributed by atoms with Crippen LogP contribution in [-0.2, 0) is 16.6 Å². The van der Waals surface area contributed by atoms with Crippen molar-refractivity contribution in [2.24, 2.45) is 0 Å². The van der Waals surface area contributed by atoms with Gasteiger partial charge in [-0.15, -0.1) is 11.3 Å². The molecular formula is C13H17N3O2S2. The van der Waals surface area contributed by atoms with Gasteiger partial charge in [0.25, 0.3) is 0 Å². The molecule has 108 valence electrons. The van der Waals surface area contributed by atoms with E-state index < -0.39 is 10.0 Å². The van der Waals surface area contributed by atoms with Crippen molar-refractivity contribution in [3.63, 3.8) is 0 Å². The van der Waals surface area contributed by atoms with E-state index >= 15 is 0 Å². The van der Waals surface area contributed by atoms with Gasteiger partial charge < -0.3 is 5.32 Å². The summed E-state index contributed by atoms with van der Waals surface area (Å²) in [5.41, 5.74) is 0.589. The molecule has 0 atom stereocenters. The predicted molar refractivity (Wildman–Crippen MR) is 81.4 cm³/mol. The van der Waals surface area contributed by atoms with Crippen LogP contribution in [0.25, 0.3) is 0 Å². The maximum atomic E-state index is 12.2. The lowest BCUT2D eigenvalue weighted by molar-refractivity contribution is 0.581. The molecule has 0 fully saturated rings. The number of hydrogen-bond acceptors (Lipinski definition) is 5. The number of thiazole rings is 1. The molecule has 0 radical (unpaired) electrons. The summed E-state index contributed by atoms with van der Waals surface area (Å²) in [6.45, 7) is 2.87. The van der Waals surface area contributed by atoms with Crippen molar-refractivity contribution in [1.82, 2.24) is 9.71 Å². The van der Waals surface area contributed by atoms with Gasteiger partial charge in [-0.25, -0.2) is 18.1 Å². The Balaban J connectivity index is 2.17. The maximum absolute atomic E-state index is 12.2. The first-order chi connectivity index (χ1) is 9.63. The zero-order chi connectivity index (χ0) is 14.4. The minimum Gasteiger partial charge on any atom is -0.377 e. The molecular weight excluding hydrogens is 294 g/mol. The van der Waals surface area contributed by atoms with E-state index in [1.807, 2.05) is 18.4 Å². The van der Waals surface area contributed by atoms with Crippen molar-refractivity contribution >= 4 is 27.0 Å². The summed E-state index contributed by atoms with van der Waals surface area (Å²) in [5.74, 6) is 0. The number of para-hydroxylation sites is 1. The second kappa shape index (κ2) is 6.83. The second-order valence-corrected chi connectivity index (χ2v) is 6.89. The molecule has 0 bridgehead atoms. The third kappa shape index (κ3) is 3.78. The van der Waals surface area contributed by atoms with Crippen molar-refractivity contribution in [3.05, 3.63) is 40.8 Å². The van der Waals surface area contributed by atoms with E-state index in [9.17, 15) is 8.42 Å². The molecule has 1 aromatic carbocycles. The molecule has 0 aliphatic carbocycles. The molecule has 0 saturated heterocycles. The zero-order valence-corrected chi connectivity index (χ0v) is 12.8. The van der Waals surface area contributed by atoms with E-state index in [4.69, 9.17) is 0 Å². The van der Waals surface area contributed by atoms with Gasteiger partial charge >= 0.3 is 0 Å². The molecule has 0 aliphatic heterocycles. The van der Waals surface area contributed by atoms with Crippen molar-refractivity contribution < 1.29 is 8.42 Å². The first-order valence-corrected chi connectivity index (χ1v) is 8.70. The molecule has 2 rings (SSSR count). The van der Waals surface area contributed by atoms with Gasteiger partial charge in [0, 0.05) is 18.1 Å². The van der Waals surface area contributed by atoms with Crippen LogP contribution in [0.2, 0.25) is 0 Å². The number of aromatic nitrogens is 1. The van der Waals surface area contributed by atoms with Crippen molar-refractivity contribution in [2.75, 3.05) is 11.9 Å². The van der Waals surface area contributed by atoms with E-state index in [2.05, 4.69) is 15.0 Å². The number of anilines is 1. The van der Waals surface area contributed by atoms with Gasteiger partial charge in [-0.1, -0.05) is 19.1 Å². The Labute approximate surface area is 123 Å². The van der Waals surface area contributed by atoms with Gasteiger partial charge in [0.05, 0.1) is 12.2 Å². The lowest BCUT2D eigenvalue weighted by Gasteiger charge is -2.12. The standard InChI is InChI=1S/C13H17N3O2S2/c1-2-7-16-20(17,18)12-6-4-3-5-11(12)15-10-13-14-8-9-19-13/h3-6,8-9,15-16H,2,7,10H2,1H3.